The minimum absolute atomic E-state index is 0.0618. The molecule has 1 unspecified atom stereocenters. The number of nitrogens with two attached hydrogens (primary N) is 2. The summed E-state index contributed by atoms with van der Waals surface area (Å²) in [7, 11) is 1.81. The van der Waals surface area contributed by atoms with Gasteiger partial charge in [-0.05, 0) is 18.9 Å². The van der Waals surface area contributed by atoms with Crippen molar-refractivity contribution in [2.75, 3.05) is 5.73 Å². The van der Waals surface area contributed by atoms with E-state index in [-0.39, 0.29) is 6.04 Å². The van der Waals surface area contributed by atoms with Gasteiger partial charge in [-0.2, -0.15) is 10.2 Å². The lowest BCUT2D eigenvalue weighted by Crippen LogP contribution is -2.30. The van der Waals surface area contributed by atoms with Gasteiger partial charge in [0.05, 0.1) is 18.4 Å². The van der Waals surface area contributed by atoms with Gasteiger partial charge >= 0.3 is 0 Å². The highest BCUT2D eigenvalue weighted by Gasteiger charge is 2.17. The van der Waals surface area contributed by atoms with Crippen LogP contribution in [0.25, 0.3) is 0 Å². The predicted molar refractivity (Wildman–Crippen MR) is 69.3 cm³/mol. The van der Waals surface area contributed by atoms with Crippen molar-refractivity contribution in [3.8, 4) is 0 Å². The zero-order chi connectivity index (χ0) is 13.1. The molecule has 0 radical (unpaired) electrons. The van der Waals surface area contributed by atoms with E-state index in [9.17, 15) is 0 Å². The van der Waals surface area contributed by atoms with Crippen LogP contribution in [0.15, 0.2) is 18.6 Å². The van der Waals surface area contributed by atoms with Crippen LogP contribution in [0.4, 0.5) is 5.82 Å². The van der Waals surface area contributed by atoms with E-state index >= 15 is 0 Å². The Morgan fingerprint density at radius 3 is 2.67 bits per heavy atom. The van der Waals surface area contributed by atoms with Gasteiger partial charge in [0.1, 0.15) is 5.82 Å². The van der Waals surface area contributed by atoms with E-state index in [1.165, 1.54) is 0 Å². The average molecular weight is 249 g/mol. The number of hydrogen-bond donors (Lipinski definition) is 3. The molecule has 0 aliphatic carbocycles. The number of aryl methyl sites for hydroxylation is 2. The van der Waals surface area contributed by atoms with Gasteiger partial charge in [0.15, 0.2) is 0 Å². The average Bonchev–Trinajstić information content (AvgIpc) is 2.96. The van der Waals surface area contributed by atoms with Crippen molar-refractivity contribution in [3.05, 3.63) is 29.7 Å². The monoisotopic (exact) mass is 249 g/mol. The van der Waals surface area contributed by atoms with Gasteiger partial charge in [0.25, 0.3) is 0 Å². The smallest absolute Gasteiger partial charge is 0.126 e. The summed E-state index contributed by atoms with van der Waals surface area (Å²) in [6.07, 6.45) is 6.33. The molecule has 2 aromatic rings. The van der Waals surface area contributed by atoms with Crippen molar-refractivity contribution in [1.82, 2.24) is 25.0 Å². The van der Waals surface area contributed by atoms with Crippen LogP contribution >= 0.6 is 0 Å². The van der Waals surface area contributed by atoms with Crippen LogP contribution in [-0.4, -0.2) is 19.6 Å². The first-order chi connectivity index (χ1) is 8.65. The quantitative estimate of drug-likeness (QED) is 0.510. The number of rotatable bonds is 5. The summed E-state index contributed by atoms with van der Waals surface area (Å²) in [5, 5.41) is 8.36. The highest BCUT2D eigenvalue weighted by molar-refractivity contribution is 5.41. The van der Waals surface area contributed by atoms with E-state index in [1.54, 1.807) is 10.9 Å². The highest BCUT2D eigenvalue weighted by Crippen LogP contribution is 2.22. The molecule has 7 nitrogen and oxygen atoms in total. The van der Waals surface area contributed by atoms with Crippen LogP contribution in [0.1, 0.15) is 24.1 Å². The third-order valence-electron chi connectivity index (χ3n) is 3.04. The summed E-state index contributed by atoms with van der Waals surface area (Å²) in [5.74, 6) is 6.23. The molecule has 0 aliphatic heterocycles. The van der Waals surface area contributed by atoms with Crippen LogP contribution in [-0.2, 0) is 20.0 Å². The van der Waals surface area contributed by atoms with Crippen molar-refractivity contribution < 1.29 is 0 Å². The largest absolute Gasteiger partial charge is 0.384 e. The zero-order valence-corrected chi connectivity index (χ0v) is 10.7. The Balaban J connectivity index is 2.16. The van der Waals surface area contributed by atoms with Crippen molar-refractivity contribution in [1.29, 1.82) is 0 Å². The summed E-state index contributed by atoms with van der Waals surface area (Å²) in [4.78, 5) is 0. The van der Waals surface area contributed by atoms with Crippen molar-refractivity contribution >= 4 is 5.82 Å². The molecule has 98 valence electrons. The summed E-state index contributed by atoms with van der Waals surface area (Å²) < 4.78 is 3.52. The summed E-state index contributed by atoms with van der Waals surface area (Å²) >= 11 is 0. The Labute approximate surface area is 106 Å². The minimum Gasteiger partial charge on any atom is -0.384 e. The molecule has 0 saturated heterocycles. The first-order valence-corrected chi connectivity index (χ1v) is 5.90. The number of hydrogen-bond acceptors (Lipinski definition) is 5. The minimum atomic E-state index is -0.0618. The van der Waals surface area contributed by atoms with E-state index in [0.29, 0.717) is 5.82 Å². The molecule has 0 aliphatic rings. The van der Waals surface area contributed by atoms with Crippen molar-refractivity contribution in [2.24, 2.45) is 12.9 Å². The van der Waals surface area contributed by atoms with Crippen LogP contribution < -0.4 is 17.0 Å². The van der Waals surface area contributed by atoms with E-state index in [4.69, 9.17) is 11.6 Å². The molecule has 1 atom stereocenters. The number of aromatic nitrogens is 4. The fourth-order valence-electron chi connectivity index (χ4n) is 1.91. The van der Waals surface area contributed by atoms with Crippen molar-refractivity contribution in [2.45, 2.75) is 25.9 Å². The molecule has 2 heterocycles. The number of nitrogens with one attached hydrogen (secondary N) is 1. The van der Waals surface area contributed by atoms with Gasteiger partial charge in [-0.3, -0.25) is 20.6 Å². The number of nitrogens with zero attached hydrogens (tertiary/aromatic N) is 4. The SMILES string of the molecule is CCn1cc(CC(NN)c2cnn(C)c2N)cn1. The molecule has 0 aromatic carbocycles. The van der Waals surface area contributed by atoms with E-state index in [0.717, 1.165) is 24.1 Å². The summed E-state index contributed by atoms with van der Waals surface area (Å²) in [6, 6.07) is -0.0618. The summed E-state index contributed by atoms with van der Waals surface area (Å²) in [5.41, 5.74) is 10.7. The molecule has 0 bridgehead atoms. The third-order valence-corrected chi connectivity index (χ3v) is 3.04. The standard InChI is InChI=1S/C11H19N7/c1-3-18-7-8(5-15-18)4-10(16-13)9-6-14-17(2)11(9)12/h5-7,10,16H,3-4,12-13H2,1-2H3. The number of hydrazine groups is 1. The molecule has 0 fully saturated rings. The van der Waals surface area contributed by atoms with Gasteiger partial charge in [0, 0.05) is 25.4 Å². The fourth-order valence-corrected chi connectivity index (χ4v) is 1.91. The Morgan fingerprint density at radius 2 is 2.17 bits per heavy atom. The van der Waals surface area contributed by atoms with Gasteiger partial charge < -0.3 is 5.73 Å². The molecule has 2 rings (SSSR count). The topological polar surface area (TPSA) is 99.7 Å². The summed E-state index contributed by atoms with van der Waals surface area (Å²) in [6.45, 7) is 2.91. The molecule has 18 heavy (non-hydrogen) atoms. The molecular weight excluding hydrogens is 230 g/mol. The van der Waals surface area contributed by atoms with Gasteiger partial charge in [-0.15, -0.1) is 0 Å². The lowest BCUT2D eigenvalue weighted by molar-refractivity contribution is 0.552. The molecule has 7 heteroatoms. The first kappa shape index (κ1) is 12.6. The Kier molecular flexibility index (Phi) is 3.63. The molecule has 5 N–H and O–H groups in total. The second kappa shape index (κ2) is 5.19. The molecular formula is C11H19N7. The molecule has 0 amide bonds. The Bertz CT molecular complexity index is 513. The normalized spacial score (nSPS) is 12.8. The maximum Gasteiger partial charge on any atom is 0.126 e. The lowest BCUT2D eigenvalue weighted by Gasteiger charge is -2.14. The van der Waals surface area contributed by atoms with Crippen LogP contribution in [0, 0.1) is 0 Å². The second-order valence-electron chi connectivity index (χ2n) is 4.24. The lowest BCUT2D eigenvalue weighted by atomic mass is 10.0. The van der Waals surface area contributed by atoms with Gasteiger partial charge in [-0.1, -0.05) is 0 Å². The van der Waals surface area contributed by atoms with E-state index in [2.05, 4.69) is 22.5 Å². The maximum absolute atomic E-state index is 5.95. The Hall–Kier alpha value is -1.86. The molecule has 0 saturated carbocycles. The fraction of sp³-hybridized carbons (Fsp3) is 0.455. The first-order valence-electron chi connectivity index (χ1n) is 5.90. The maximum atomic E-state index is 5.95. The number of anilines is 1. The van der Waals surface area contributed by atoms with E-state index < -0.39 is 0 Å². The highest BCUT2D eigenvalue weighted by atomic mass is 15.3. The second-order valence-corrected chi connectivity index (χ2v) is 4.24. The Morgan fingerprint density at radius 1 is 1.39 bits per heavy atom. The molecule has 0 spiro atoms. The number of nitrogen functional groups attached to an aromatic ring is 1. The third kappa shape index (κ3) is 2.36. The zero-order valence-electron chi connectivity index (χ0n) is 10.7. The van der Waals surface area contributed by atoms with Crippen molar-refractivity contribution in [3.63, 3.8) is 0 Å². The van der Waals surface area contributed by atoms with Gasteiger partial charge in [-0.25, -0.2) is 0 Å². The van der Waals surface area contributed by atoms with Crippen LogP contribution in [0.2, 0.25) is 0 Å². The van der Waals surface area contributed by atoms with Gasteiger partial charge in [0.2, 0.25) is 0 Å². The van der Waals surface area contributed by atoms with Crippen LogP contribution in [0.5, 0.6) is 0 Å². The van der Waals surface area contributed by atoms with Crippen LogP contribution in [0.3, 0.4) is 0 Å². The predicted octanol–water partition coefficient (Wildman–Crippen LogP) is -0.0342. The molecule has 2 aromatic heterocycles. The van der Waals surface area contributed by atoms with E-state index in [1.807, 2.05) is 24.1 Å².